The van der Waals surface area contributed by atoms with E-state index in [-0.39, 0.29) is 17.7 Å². The zero-order chi connectivity index (χ0) is 26.7. The van der Waals surface area contributed by atoms with E-state index in [0.29, 0.717) is 31.0 Å². The molecular weight excluding hydrogens is 484 g/mol. The lowest BCUT2D eigenvalue weighted by molar-refractivity contribution is -0.140. The Hall–Kier alpha value is -3.66. The van der Waals surface area contributed by atoms with Crippen molar-refractivity contribution in [1.29, 1.82) is 0 Å². The third kappa shape index (κ3) is 5.75. The van der Waals surface area contributed by atoms with Gasteiger partial charge < -0.3 is 25.5 Å². The Morgan fingerprint density at radius 1 is 1.18 bits per heavy atom. The lowest BCUT2D eigenvalue weighted by Crippen LogP contribution is -2.54. The number of hydrogen-bond acceptors (Lipinski definition) is 8. The number of carbonyl (C=O) groups excluding carboxylic acids is 2. The molecule has 1 aromatic heterocycles. The molecule has 3 aliphatic rings. The van der Waals surface area contributed by atoms with Crippen LogP contribution in [-0.2, 0) is 21.0 Å². The van der Waals surface area contributed by atoms with Crippen molar-refractivity contribution in [3.05, 3.63) is 47.7 Å². The molecule has 0 atom stereocenters. The van der Waals surface area contributed by atoms with Crippen LogP contribution in [0.5, 0.6) is 5.75 Å². The number of oxime groups is 1. The lowest BCUT2D eigenvalue weighted by atomic mass is 9.81. The molecule has 0 saturated carbocycles. The molecule has 10 heteroatoms. The molecule has 3 N–H and O–H groups in total. The van der Waals surface area contributed by atoms with Crippen molar-refractivity contribution in [2.75, 3.05) is 44.3 Å². The van der Waals surface area contributed by atoms with Gasteiger partial charge in [-0.2, -0.15) is 0 Å². The highest BCUT2D eigenvalue weighted by atomic mass is 16.6. The zero-order valence-corrected chi connectivity index (χ0v) is 22.1. The standard InChI is InChI=1S/C28H36N6O4/c1-19(35)31-22-3-4-25-23(16-22)24(32-37-2)17-28(38-25)8-13-34(14-9-28)27(36)21-6-11-33(12-7-21)18-20-5-10-30-26(29)15-20/h3-5,10,15-16,21H,6-9,11-14,17-18H2,1-2H3,(H2,29,30)(H,31,35)/b32-24-. The molecule has 0 unspecified atom stereocenters. The average Bonchev–Trinajstić information content (AvgIpc) is 2.89. The van der Waals surface area contributed by atoms with Gasteiger partial charge in [0.05, 0.1) is 5.71 Å². The van der Waals surface area contributed by atoms with Gasteiger partial charge in [-0.15, -0.1) is 0 Å². The number of ether oxygens (including phenoxy) is 1. The van der Waals surface area contributed by atoms with E-state index in [4.69, 9.17) is 15.3 Å². The molecule has 3 aliphatic heterocycles. The molecule has 2 aromatic rings. The van der Waals surface area contributed by atoms with Crippen LogP contribution in [0.3, 0.4) is 0 Å². The minimum absolute atomic E-state index is 0.0635. The molecule has 0 aliphatic carbocycles. The van der Waals surface area contributed by atoms with Gasteiger partial charge in [0.25, 0.3) is 0 Å². The van der Waals surface area contributed by atoms with Crippen LogP contribution < -0.4 is 15.8 Å². The molecule has 0 radical (unpaired) electrons. The molecular formula is C28H36N6O4. The Morgan fingerprint density at radius 3 is 2.63 bits per heavy atom. The van der Waals surface area contributed by atoms with Crippen LogP contribution in [0.2, 0.25) is 0 Å². The number of nitrogen functional groups attached to an aromatic ring is 1. The second kappa shape index (κ2) is 11.0. The van der Waals surface area contributed by atoms with Crippen LogP contribution in [0.1, 0.15) is 50.2 Å². The first-order valence-corrected chi connectivity index (χ1v) is 13.3. The minimum Gasteiger partial charge on any atom is -0.486 e. The van der Waals surface area contributed by atoms with Crippen LogP contribution >= 0.6 is 0 Å². The monoisotopic (exact) mass is 520 g/mol. The fourth-order valence-electron chi connectivity index (χ4n) is 5.85. The molecule has 10 nitrogen and oxygen atoms in total. The van der Waals surface area contributed by atoms with Gasteiger partial charge in [-0.05, 0) is 61.8 Å². The van der Waals surface area contributed by atoms with Crippen molar-refractivity contribution in [3.8, 4) is 5.75 Å². The Balaban J connectivity index is 1.18. The maximum absolute atomic E-state index is 13.4. The number of fused-ring (bicyclic) bond motifs is 1. The quantitative estimate of drug-likeness (QED) is 0.581. The summed E-state index contributed by atoms with van der Waals surface area (Å²) in [6.07, 6.45) is 5.54. The summed E-state index contributed by atoms with van der Waals surface area (Å²) in [4.78, 5) is 38.5. The van der Waals surface area contributed by atoms with E-state index in [1.165, 1.54) is 14.0 Å². The predicted octanol–water partition coefficient (Wildman–Crippen LogP) is 3.03. The highest BCUT2D eigenvalue weighted by Crippen LogP contribution is 2.41. The summed E-state index contributed by atoms with van der Waals surface area (Å²) in [5.41, 5.74) is 8.85. The molecule has 1 spiro atoms. The highest BCUT2D eigenvalue weighted by Gasteiger charge is 2.44. The van der Waals surface area contributed by atoms with Gasteiger partial charge in [-0.1, -0.05) is 5.16 Å². The molecule has 202 valence electrons. The number of hydrogen-bond donors (Lipinski definition) is 2. The van der Waals surface area contributed by atoms with Crippen LogP contribution in [0.4, 0.5) is 11.5 Å². The summed E-state index contributed by atoms with van der Waals surface area (Å²) in [7, 11) is 1.53. The zero-order valence-electron chi connectivity index (χ0n) is 22.1. The van der Waals surface area contributed by atoms with E-state index in [1.54, 1.807) is 6.20 Å². The first kappa shape index (κ1) is 26.0. The van der Waals surface area contributed by atoms with Gasteiger partial charge in [0.15, 0.2) is 0 Å². The molecule has 2 saturated heterocycles. The maximum Gasteiger partial charge on any atom is 0.225 e. The minimum atomic E-state index is -0.424. The third-order valence-electron chi connectivity index (χ3n) is 7.80. The summed E-state index contributed by atoms with van der Waals surface area (Å²) in [5, 5.41) is 7.10. The molecule has 4 heterocycles. The second-order valence-corrected chi connectivity index (χ2v) is 10.5. The topological polar surface area (TPSA) is 122 Å². The number of amides is 2. The number of pyridine rings is 1. The number of carbonyl (C=O) groups is 2. The third-order valence-corrected chi connectivity index (χ3v) is 7.80. The van der Waals surface area contributed by atoms with Crippen molar-refractivity contribution in [2.24, 2.45) is 11.1 Å². The largest absolute Gasteiger partial charge is 0.486 e. The number of likely N-dealkylation sites (tertiary alicyclic amines) is 2. The fraction of sp³-hybridized carbons (Fsp3) is 0.500. The van der Waals surface area contributed by atoms with Crippen molar-refractivity contribution in [3.63, 3.8) is 0 Å². The summed E-state index contributed by atoms with van der Waals surface area (Å²) >= 11 is 0. The van der Waals surface area contributed by atoms with E-state index < -0.39 is 5.60 Å². The first-order valence-electron chi connectivity index (χ1n) is 13.3. The van der Waals surface area contributed by atoms with Crippen LogP contribution in [0.25, 0.3) is 0 Å². The van der Waals surface area contributed by atoms with Crippen molar-refractivity contribution in [2.45, 2.75) is 51.2 Å². The summed E-state index contributed by atoms with van der Waals surface area (Å²) in [6.45, 7) is 5.42. The molecule has 0 bridgehead atoms. The second-order valence-electron chi connectivity index (χ2n) is 10.5. The number of nitrogens with one attached hydrogen (secondary N) is 1. The van der Waals surface area contributed by atoms with Crippen molar-refractivity contribution < 1.29 is 19.2 Å². The molecule has 1 aromatic carbocycles. The lowest BCUT2D eigenvalue weighted by Gasteiger charge is -2.45. The highest BCUT2D eigenvalue weighted by molar-refractivity contribution is 6.05. The van der Waals surface area contributed by atoms with Gasteiger partial charge in [-0.25, -0.2) is 4.98 Å². The number of rotatable bonds is 5. The fourth-order valence-corrected chi connectivity index (χ4v) is 5.85. The van der Waals surface area contributed by atoms with E-state index >= 15 is 0 Å². The Bertz CT molecular complexity index is 1220. The van der Waals surface area contributed by atoms with Crippen molar-refractivity contribution in [1.82, 2.24) is 14.8 Å². The molecule has 2 amide bonds. The normalized spacial score (nSPS) is 20.6. The van der Waals surface area contributed by atoms with Crippen LogP contribution in [0, 0.1) is 5.92 Å². The SMILES string of the molecule is CO/N=C1/CC2(CCN(C(=O)C3CCN(Cc4ccnc(N)c4)CC3)CC2)Oc2ccc(NC(C)=O)cc21. The smallest absolute Gasteiger partial charge is 0.225 e. The number of nitrogens with two attached hydrogens (primary N) is 1. The molecule has 2 fully saturated rings. The molecule has 5 rings (SSSR count). The van der Waals surface area contributed by atoms with Gasteiger partial charge in [-0.3, -0.25) is 14.5 Å². The van der Waals surface area contributed by atoms with Gasteiger partial charge in [0, 0.05) is 69.2 Å². The van der Waals surface area contributed by atoms with E-state index in [9.17, 15) is 9.59 Å². The van der Waals surface area contributed by atoms with Crippen molar-refractivity contribution >= 4 is 29.0 Å². The maximum atomic E-state index is 13.4. The number of piperidine rings is 2. The average molecular weight is 521 g/mol. The number of benzene rings is 1. The van der Waals surface area contributed by atoms with Gasteiger partial charge in [0.1, 0.15) is 24.3 Å². The number of anilines is 2. The Labute approximate surface area is 223 Å². The Morgan fingerprint density at radius 2 is 1.95 bits per heavy atom. The number of nitrogens with zero attached hydrogens (tertiary/aromatic N) is 4. The van der Waals surface area contributed by atoms with Crippen LogP contribution in [-0.4, -0.2) is 71.2 Å². The van der Waals surface area contributed by atoms with Crippen LogP contribution in [0.15, 0.2) is 41.7 Å². The van der Waals surface area contributed by atoms with E-state index in [1.807, 2.05) is 35.2 Å². The summed E-state index contributed by atoms with van der Waals surface area (Å²) in [5.74, 6) is 1.45. The van der Waals surface area contributed by atoms with Gasteiger partial charge >= 0.3 is 0 Å². The van der Waals surface area contributed by atoms with Gasteiger partial charge in [0.2, 0.25) is 11.8 Å². The van der Waals surface area contributed by atoms with E-state index in [2.05, 4.69) is 20.4 Å². The summed E-state index contributed by atoms with van der Waals surface area (Å²) < 4.78 is 6.54. The Kier molecular flexibility index (Phi) is 7.51. The molecule has 38 heavy (non-hydrogen) atoms. The first-order chi connectivity index (χ1) is 18.3. The predicted molar refractivity (Wildman–Crippen MR) is 145 cm³/mol. The summed E-state index contributed by atoms with van der Waals surface area (Å²) in [6, 6.07) is 9.48. The number of aromatic nitrogens is 1. The van der Waals surface area contributed by atoms with E-state index in [0.717, 1.165) is 67.9 Å².